The monoisotopic (exact) mass is 612 g/mol. The third-order valence-electron chi connectivity index (χ3n) is 9.08. The fourth-order valence-corrected chi connectivity index (χ4v) is 6.84. The Morgan fingerprint density at radius 2 is 1.10 bits per heavy atom. The van der Waals surface area contributed by atoms with Crippen molar-refractivity contribution in [1.82, 2.24) is 4.98 Å². The highest BCUT2D eigenvalue weighted by Crippen LogP contribution is 2.45. The second-order valence-corrected chi connectivity index (χ2v) is 11.8. The molecule has 0 radical (unpaired) electrons. The van der Waals surface area contributed by atoms with Gasteiger partial charge in [-0.3, -0.25) is 9.98 Å². The summed E-state index contributed by atoms with van der Waals surface area (Å²) >= 11 is 0. The molecule has 48 heavy (non-hydrogen) atoms. The van der Waals surface area contributed by atoms with Crippen LogP contribution in [0, 0.1) is 22.7 Å². The molecule has 1 aromatic heterocycles. The van der Waals surface area contributed by atoms with Crippen LogP contribution in [0.5, 0.6) is 0 Å². The summed E-state index contributed by atoms with van der Waals surface area (Å²) < 4.78 is 0. The zero-order valence-corrected chi connectivity index (χ0v) is 26.1. The van der Waals surface area contributed by atoms with Crippen LogP contribution < -0.4 is 0 Å². The van der Waals surface area contributed by atoms with Crippen molar-refractivity contribution in [2.45, 2.75) is 6.42 Å². The van der Waals surface area contributed by atoms with Gasteiger partial charge in [0.15, 0.2) is 0 Å². The van der Waals surface area contributed by atoms with Gasteiger partial charge in [0, 0.05) is 23.9 Å². The number of allylic oxidation sites excluding steroid dienone is 1. The van der Waals surface area contributed by atoms with Crippen molar-refractivity contribution in [3.8, 4) is 56.8 Å². The van der Waals surface area contributed by atoms with Gasteiger partial charge in [-0.05, 0) is 79.5 Å². The van der Waals surface area contributed by atoms with Crippen molar-refractivity contribution in [1.29, 1.82) is 10.5 Å². The molecule has 0 saturated heterocycles. The molecule has 0 bridgehead atoms. The zero-order valence-electron chi connectivity index (χ0n) is 26.1. The molecule has 2 heterocycles. The molecule has 6 aromatic carbocycles. The van der Waals surface area contributed by atoms with E-state index in [9.17, 15) is 10.5 Å². The van der Waals surface area contributed by atoms with Crippen LogP contribution >= 0.6 is 0 Å². The lowest BCUT2D eigenvalue weighted by atomic mass is 9.84. The van der Waals surface area contributed by atoms with Crippen LogP contribution in [0.3, 0.4) is 0 Å². The zero-order chi connectivity index (χ0) is 32.5. The molecule has 1 aliphatic rings. The highest BCUT2D eigenvalue weighted by atomic mass is 14.7. The molecule has 0 spiro atoms. The molecule has 0 fully saturated rings. The fraction of sp³-hybridized carbons (Fsp3) is 0.0455. The molecule has 224 valence electrons. The highest BCUT2D eigenvalue weighted by Gasteiger charge is 2.19. The number of rotatable bonds is 5. The van der Waals surface area contributed by atoms with Gasteiger partial charge >= 0.3 is 0 Å². The molecular weight excluding hydrogens is 585 g/mol. The van der Waals surface area contributed by atoms with Crippen LogP contribution in [0.15, 0.2) is 156 Å². The molecule has 8 rings (SSSR count). The van der Waals surface area contributed by atoms with E-state index < -0.39 is 0 Å². The number of dihydropyridines is 1. The van der Waals surface area contributed by atoms with Crippen molar-refractivity contribution in [3.05, 3.63) is 162 Å². The molecule has 0 unspecified atom stereocenters. The van der Waals surface area contributed by atoms with E-state index in [1.54, 1.807) is 18.3 Å². The lowest BCUT2D eigenvalue weighted by molar-refractivity contribution is 0.986. The van der Waals surface area contributed by atoms with E-state index in [1.165, 1.54) is 5.56 Å². The molecule has 7 aromatic rings. The van der Waals surface area contributed by atoms with Crippen molar-refractivity contribution in [2.75, 3.05) is 6.54 Å². The average molecular weight is 613 g/mol. The van der Waals surface area contributed by atoms with Crippen LogP contribution in [0.4, 0.5) is 0 Å². The van der Waals surface area contributed by atoms with Gasteiger partial charge in [0.1, 0.15) is 12.1 Å². The molecule has 0 amide bonds. The topological polar surface area (TPSA) is 72.8 Å². The Kier molecular flexibility index (Phi) is 7.38. The minimum absolute atomic E-state index is 0.556. The van der Waals surface area contributed by atoms with Gasteiger partial charge in [0.2, 0.25) is 0 Å². The second kappa shape index (κ2) is 12.3. The maximum absolute atomic E-state index is 9.71. The Bertz CT molecular complexity index is 2490. The number of hydrogen-bond donors (Lipinski definition) is 0. The number of aliphatic imine (C=N–C) groups is 1. The van der Waals surface area contributed by atoms with E-state index in [-0.39, 0.29) is 0 Å². The van der Waals surface area contributed by atoms with E-state index in [0.717, 1.165) is 72.6 Å². The van der Waals surface area contributed by atoms with Gasteiger partial charge in [0.25, 0.3) is 0 Å². The fourth-order valence-electron chi connectivity index (χ4n) is 6.84. The minimum atomic E-state index is 0.556. The maximum atomic E-state index is 9.71. The smallest absolute Gasteiger partial charge is 0.101 e. The summed E-state index contributed by atoms with van der Waals surface area (Å²) in [4.78, 5) is 9.19. The standard InChI is InChI=1S/C44H28N4/c45-27-35-10-6-24-47-43(35)32-18-14-30(15-19-32)41-37-12-4-5-13-38(37)42(40-26-34(22-23-39(40)41)29-8-2-1-3-9-29)31-16-20-33(21-17-31)44-36(28-46)11-7-25-48-44/h1-6,8-24,26H,7,25H2. The lowest BCUT2D eigenvalue weighted by Gasteiger charge is -2.19. The van der Waals surface area contributed by atoms with E-state index in [4.69, 9.17) is 0 Å². The summed E-state index contributed by atoms with van der Waals surface area (Å²) in [6, 6.07) is 50.9. The number of benzene rings is 6. The molecule has 0 aliphatic carbocycles. The van der Waals surface area contributed by atoms with E-state index in [0.29, 0.717) is 23.4 Å². The Morgan fingerprint density at radius 1 is 0.500 bits per heavy atom. The second-order valence-electron chi connectivity index (χ2n) is 11.8. The normalized spacial score (nSPS) is 12.6. The molecule has 4 nitrogen and oxygen atoms in total. The van der Waals surface area contributed by atoms with Gasteiger partial charge in [-0.1, -0.05) is 121 Å². The van der Waals surface area contributed by atoms with Crippen LogP contribution in [0.25, 0.3) is 66.2 Å². The first-order chi connectivity index (χ1) is 23.7. The number of nitrogens with zero attached hydrogens (tertiary/aromatic N) is 4. The van der Waals surface area contributed by atoms with Gasteiger partial charge in [0.05, 0.1) is 22.5 Å². The summed E-state index contributed by atoms with van der Waals surface area (Å²) in [6.07, 6.45) is 4.50. The van der Waals surface area contributed by atoms with Gasteiger partial charge in [-0.15, -0.1) is 0 Å². The van der Waals surface area contributed by atoms with Crippen LogP contribution in [0.2, 0.25) is 0 Å². The van der Waals surface area contributed by atoms with Crippen molar-refractivity contribution < 1.29 is 0 Å². The molecule has 0 saturated carbocycles. The summed E-state index contributed by atoms with van der Waals surface area (Å²) in [6.45, 7) is 0.698. The van der Waals surface area contributed by atoms with E-state index in [1.807, 2.05) is 12.1 Å². The van der Waals surface area contributed by atoms with Gasteiger partial charge in [-0.25, -0.2) is 0 Å². The largest absolute Gasteiger partial charge is 0.283 e. The lowest BCUT2D eigenvalue weighted by Crippen LogP contribution is -2.09. The summed E-state index contributed by atoms with van der Waals surface area (Å²) in [5.41, 5.74) is 11.3. The van der Waals surface area contributed by atoms with Crippen LogP contribution in [-0.4, -0.2) is 17.2 Å². The number of hydrogen-bond acceptors (Lipinski definition) is 4. The van der Waals surface area contributed by atoms with Crippen molar-refractivity contribution in [3.63, 3.8) is 0 Å². The average Bonchev–Trinajstić information content (AvgIpc) is 3.17. The Labute approximate surface area is 279 Å². The first-order valence-electron chi connectivity index (χ1n) is 16.0. The Balaban J connectivity index is 1.35. The molecule has 0 atom stereocenters. The van der Waals surface area contributed by atoms with Crippen molar-refractivity contribution in [2.24, 2.45) is 4.99 Å². The van der Waals surface area contributed by atoms with Gasteiger partial charge in [-0.2, -0.15) is 10.5 Å². The third kappa shape index (κ3) is 5.03. The number of pyridine rings is 1. The summed E-state index contributed by atoms with van der Waals surface area (Å²) in [5.74, 6) is 0. The van der Waals surface area contributed by atoms with E-state index in [2.05, 4.69) is 137 Å². The Morgan fingerprint density at radius 3 is 1.79 bits per heavy atom. The first kappa shape index (κ1) is 28.8. The van der Waals surface area contributed by atoms with Crippen molar-refractivity contribution >= 4 is 27.3 Å². The predicted octanol–water partition coefficient (Wildman–Crippen LogP) is 10.6. The quantitative estimate of drug-likeness (QED) is 0.182. The first-order valence-corrected chi connectivity index (χ1v) is 16.0. The predicted molar refractivity (Wildman–Crippen MR) is 195 cm³/mol. The third-order valence-corrected chi connectivity index (χ3v) is 9.08. The minimum Gasteiger partial charge on any atom is -0.283 e. The number of nitriles is 2. The molecule has 4 heteroatoms. The van der Waals surface area contributed by atoms with E-state index >= 15 is 0 Å². The SMILES string of the molecule is N#CC1=CCCN=C1c1ccc(-c2c3ccccc3c(-c3ccc(-c4ncccc4C#N)cc3)c3ccc(-c4ccccc4)cc23)cc1. The molecule has 0 N–H and O–H groups in total. The summed E-state index contributed by atoms with van der Waals surface area (Å²) in [7, 11) is 0. The van der Waals surface area contributed by atoms with Crippen LogP contribution in [0.1, 0.15) is 17.5 Å². The number of aromatic nitrogens is 1. The number of fused-ring (bicyclic) bond motifs is 2. The summed E-state index contributed by atoms with van der Waals surface area (Å²) in [5, 5.41) is 24.0. The Hall–Kier alpha value is -6.62. The maximum Gasteiger partial charge on any atom is 0.101 e. The van der Waals surface area contributed by atoms with Gasteiger partial charge < -0.3 is 0 Å². The highest BCUT2D eigenvalue weighted by molar-refractivity contribution is 6.22. The molecular formula is C44H28N4. The van der Waals surface area contributed by atoms with Crippen LogP contribution in [-0.2, 0) is 0 Å². The molecule has 1 aliphatic heterocycles.